The van der Waals surface area contributed by atoms with Crippen molar-refractivity contribution in [2.75, 3.05) is 6.54 Å². The molecule has 58 valence electrons. The SMILES string of the molecule is C=[N+]1CCn2c(C)nnc2C1. The first-order chi connectivity index (χ1) is 5.27. The lowest BCUT2D eigenvalue weighted by molar-refractivity contribution is -0.545. The molecule has 0 atom stereocenters. The molecule has 0 fully saturated rings. The average molecular weight is 151 g/mol. The maximum absolute atomic E-state index is 4.04. The molecule has 4 nitrogen and oxygen atoms in total. The zero-order chi connectivity index (χ0) is 7.84. The molecule has 2 heterocycles. The van der Waals surface area contributed by atoms with E-state index in [0.29, 0.717) is 0 Å². The smallest absolute Gasteiger partial charge is 0.201 e. The number of rotatable bonds is 0. The van der Waals surface area contributed by atoms with Crippen molar-refractivity contribution in [1.29, 1.82) is 0 Å². The van der Waals surface area contributed by atoms with Crippen molar-refractivity contribution < 1.29 is 4.58 Å². The number of aromatic nitrogens is 3. The fraction of sp³-hybridized carbons (Fsp3) is 0.571. The predicted octanol–water partition coefficient (Wildman–Crippen LogP) is -0.187. The summed E-state index contributed by atoms with van der Waals surface area (Å²) in [5, 5.41) is 8.03. The highest BCUT2D eigenvalue weighted by molar-refractivity contribution is 5.15. The summed E-state index contributed by atoms with van der Waals surface area (Å²) >= 11 is 0. The van der Waals surface area contributed by atoms with E-state index in [1.165, 1.54) is 0 Å². The third-order valence-corrected chi connectivity index (χ3v) is 2.02. The second-order valence-electron chi connectivity index (χ2n) is 2.87. The van der Waals surface area contributed by atoms with Crippen LogP contribution in [-0.4, -0.2) is 32.6 Å². The molecule has 0 aliphatic carbocycles. The lowest BCUT2D eigenvalue weighted by atomic mass is 10.4. The Morgan fingerprint density at radius 2 is 2.36 bits per heavy atom. The summed E-state index contributed by atoms with van der Waals surface area (Å²) in [4.78, 5) is 0. The van der Waals surface area contributed by atoms with Crippen LogP contribution in [0.1, 0.15) is 11.6 Å². The van der Waals surface area contributed by atoms with Crippen molar-refractivity contribution in [2.45, 2.75) is 20.0 Å². The Morgan fingerprint density at radius 1 is 1.55 bits per heavy atom. The Hall–Kier alpha value is -1.19. The van der Waals surface area contributed by atoms with E-state index in [2.05, 4.69) is 21.5 Å². The summed E-state index contributed by atoms with van der Waals surface area (Å²) < 4.78 is 4.14. The molecule has 1 aliphatic rings. The fourth-order valence-electron chi connectivity index (χ4n) is 1.35. The van der Waals surface area contributed by atoms with Gasteiger partial charge in [0.1, 0.15) is 12.5 Å². The van der Waals surface area contributed by atoms with Gasteiger partial charge in [-0.15, -0.1) is 10.2 Å². The van der Waals surface area contributed by atoms with E-state index in [1.54, 1.807) is 0 Å². The molecular weight excluding hydrogens is 140 g/mol. The van der Waals surface area contributed by atoms with Gasteiger partial charge in [-0.25, -0.2) is 4.58 Å². The monoisotopic (exact) mass is 151 g/mol. The number of fused-ring (bicyclic) bond motifs is 1. The molecule has 4 heteroatoms. The topological polar surface area (TPSA) is 33.7 Å². The van der Waals surface area contributed by atoms with Crippen LogP contribution < -0.4 is 0 Å². The van der Waals surface area contributed by atoms with Crippen LogP contribution in [0.15, 0.2) is 0 Å². The molecule has 0 N–H and O–H groups in total. The Bertz CT molecular complexity index is 299. The second-order valence-corrected chi connectivity index (χ2v) is 2.87. The van der Waals surface area contributed by atoms with E-state index in [1.807, 2.05) is 11.5 Å². The van der Waals surface area contributed by atoms with E-state index in [4.69, 9.17) is 0 Å². The zero-order valence-electron chi connectivity index (χ0n) is 6.62. The maximum atomic E-state index is 4.04. The molecule has 0 saturated heterocycles. The van der Waals surface area contributed by atoms with Crippen LogP contribution in [0.5, 0.6) is 0 Å². The molecule has 2 rings (SSSR count). The molecule has 0 aromatic carbocycles. The summed E-state index contributed by atoms with van der Waals surface area (Å²) in [6, 6.07) is 0. The summed E-state index contributed by atoms with van der Waals surface area (Å²) in [5.41, 5.74) is 0. The van der Waals surface area contributed by atoms with Gasteiger partial charge in [0.25, 0.3) is 0 Å². The Kier molecular flexibility index (Phi) is 1.27. The third kappa shape index (κ3) is 0.943. The van der Waals surface area contributed by atoms with Gasteiger partial charge in [0.05, 0.1) is 6.54 Å². The largest absolute Gasteiger partial charge is 0.303 e. The van der Waals surface area contributed by atoms with E-state index in [0.717, 1.165) is 31.3 Å². The molecule has 0 bridgehead atoms. The van der Waals surface area contributed by atoms with Crippen LogP contribution in [0, 0.1) is 6.92 Å². The van der Waals surface area contributed by atoms with Gasteiger partial charge < -0.3 is 4.57 Å². The van der Waals surface area contributed by atoms with Gasteiger partial charge in [-0.1, -0.05) is 0 Å². The molecule has 1 aromatic rings. The molecule has 1 aromatic heterocycles. The Balaban J connectivity index is 2.44. The zero-order valence-corrected chi connectivity index (χ0v) is 6.62. The summed E-state index contributed by atoms with van der Waals surface area (Å²) in [6.07, 6.45) is 0. The van der Waals surface area contributed by atoms with E-state index < -0.39 is 0 Å². The lowest BCUT2D eigenvalue weighted by Crippen LogP contribution is -2.25. The van der Waals surface area contributed by atoms with Crippen molar-refractivity contribution in [2.24, 2.45) is 0 Å². The minimum atomic E-state index is 0.820. The second kappa shape index (κ2) is 2.15. The fourth-order valence-corrected chi connectivity index (χ4v) is 1.35. The van der Waals surface area contributed by atoms with Gasteiger partial charge in [0.2, 0.25) is 6.54 Å². The van der Waals surface area contributed by atoms with Crippen LogP contribution >= 0.6 is 0 Å². The molecule has 1 aliphatic heterocycles. The number of nitrogens with zero attached hydrogens (tertiary/aromatic N) is 4. The van der Waals surface area contributed by atoms with Crippen LogP contribution in [0.2, 0.25) is 0 Å². The molecular formula is C7H11N4+. The van der Waals surface area contributed by atoms with Crippen molar-refractivity contribution >= 4 is 6.72 Å². The molecule has 0 saturated carbocycles. The lowest BCUT2D eigenvalue weighted by Gasteiger charge is -2.11. The standard InChI is InChI=1S/C7H11N4/c1-6-8-9-7-5-10(2)3-4-11(6)7/h2-5H2,1H3/q+1. The van der Waals surface area contributed by atoms with E-state index in [-0.39, 0.29) is 0 Å². The number of hydrogen-bond donors (Lipinski definition) is 0. The molecule has 0 radical (unpaired) electrons. The molecule has 0 spiro atoms. The molecule has 11 heavy (non-hydrogen) atoms. The van der Waals surface area contributed by atoms with Gasteiger partial charge in [0.15, 0.2) is 12.4 Å². The Morgan fingerprint density at radius 3 is 3.18 bits per heavy atom. The summed E-state index contributed by atoms with van der Waals surface area (Å²) in [5.74, 6) is 2.04. The predicted molar refractivity (Wildman–Crippen MR) is 40.7 cm³/mol. The average Bonchev–Trinajstić information content (AvgIpc) is 2.32. The van der Waals surface area contributed by atoms with Gasteiger partial charge >= 0.3 is 0 Å². The maximum Gasteiger partial charge on any atom is 0.201 e. The van der Waals surface area contributed by atoms with Crippen molar-refractivity contribution in [3.8, 4) is 0 Å². The van der Waals surface area contributed by atoms with Crippen molar-refractivity contribution in [3.63, 3.8) is 0 Å². The third-order valence-electron chi connectivity index (χ3n) is 2.02. The minimum Gasteiger partial charge on any atom is -0.303 e. The first-order valence-electron chi connectivity index (χ1n) is 3.71. The van der Waals surface area contributed by atoms with Crippen molar-refractivity contribution in [3.05, 3.63) is 11.6 Å². The van der Waals surface area contributed by atoms with Crippen LogP contribution in [0.3, 0.4) is 0 Å². The van der Waals surface area contributed by atoms with Crippen LogP contribution in [0.25, 0.3) is 0 Å². The number of aryl methyl sites for hydroxylation is 1. The summed E-state index contributed by atoms with van der Waals surface area (Å²) in [6.45, 7) is 8.62. The van der Waals surface area contributed by atoms with Crippen LogP contribution in [0.4, 0.5) is 0 Å². The molecule has 0 unspecified atom stereocenters. The van der Waals surface area contributed by atoms with Gasteiger partial charge in [-0.05, 0) is 6.92 Å². The first kappa shape index (κ1) is 6.52. The van der Waals surface area contributed by atoms with Gasteiger partial charge in [-0.3, -0.25) is 0 Å². The Labute approximate surface area is 65.2 Å². The summed E-state index contributed by atoms with van der Waals surface area (Å²) in [7, 11) is 0. The highest BCUT2D eigenvalue weighted by Gasteiger charge is 2.19. The highest BCUT2D eigenvalue weighted by Crippen LogP contribution is 2.06. The first-order valence-corrected chi connectivity index (χ1v) is 3.71. The van der Waals surface area contributed by atoms with E-state index >= 15 is 0 Å². The van der Waals surface area contributed by atoms with Crippen molar-refractivity contribution in [1.82, 2.24) is 14.8 Å². The van der Waals surface area contributed by atoms with E-state index in [9.17, 15) is 0 Å². The minimum absolute atomic E-state index is 0.820. The normalized spacial score (nSPS) is 16.6. The van der Waals surface area contributed by atoms with Crippen LogP contribution in [-0.2, 0) is 13.1 Å². The quantitative estimate of drug-likeness (QED) is 0.482. The van der Waals surface area contributed by atoms with Gasteiger partial charge in [0, 0.05) is 0 Å². The highest BCUT2D eigenvalue weighted by atomic mass is 15.3. The van der Waals surface area contributed by atoms with Gasteiger partial charge in [-0.2, -0.15) is 0 Å². The molecule has 0 amide bonds. The number of hydrogen-bond acceptors (Lipinski definition) is 2.